The number of aromatic nitrogens is 3. The highest BCUT2D eigenvalue weighted by molar-refractivity contribution is 7.71. The lowest BCUT2D eigenvalue weighted by molar-refractivity contribution is 0.307. The van der Waals surface area contributed by atoms with Crippen LogP contribution in [0.15, 0.2) is 30.5 Å². The molecule has 0 saturated heterocycles. The molecule has 0 radical (unpaired) electrons. The first-order chi connectivity index (χ1) is 10.6. The molecule has 0 saturated carbocycles. The number of hydrogen-bond donors (Lipinski definition) is 1. The van der Waals surface area contributed by atoms with Gasteiger partial charge in [0.1, 0.15) is 4.64 Å². The Morgan fingerprint density at radius 1 is 1.23 bits per heavy atom. The highest BCUT2D eigenvalue weighted by Gasteiger charge is 2.19. The second kappa shape index (κ2) is 5.04. The smallest absolute Gasteiger partial charge is 0.162 e. The van der Waals surface area contributed by atoms with Crippen LogP contribution in [-0.4, -0.2) is 33.1 Å². The summed E-state index contributed by atoms with van der Waals surface area (Å²) in [6.07, 6.45) is 2.97. The Balaban J connectivity index is 1.95. The Hall–Kier alpha value is -1.98. The molecule has 0 atom stereocenters. The average Bonchev–Trinajstić information content (AvgIpc) is 2.92. The number of nitrogens with one attached hydrogen (secondary N) is 1. The number of fused-ring (bicyclic) bond motifs is 2. The molecule has 1 aliphatic heterocycles. The first-order valence-corrected chi connectivity index (χ1v) is 7.92. The van der Waals surface area contributed by atoms with Crippen LogP contribution in [0, 0.1) is 11.6 Å². The van der Waals surface area contributed by atoms with Gasteiger partial charge in [-0.15, -0.1) is 0 Å². The molecule has 5 heteroatoms. The number of hydrogen-bond acceptors (Lipinski definition) is 3. The van der Waals surface area contributed by atoms with E-state index < -0.39 is 0 Å². The molecular weight excluding hydrogens is 292 g/mol. The fourth-order valence-electron chi connectivity index (χ4n) is 3.06. The largest absolute Gasteiger partial charge is 0.300 e. The predicted octanol–water partition coefficient (Wildman–Crippen LogP) is 3.36. The summed E-state index contributed by atoms with van der Waals surface area (Å²) in [7, 11) is 2.13. The fraction of sp³-hybridized carbons (Fsp3) is 0.294. The molecule has 2 aromatic heterocycles. The monoisotopic (exact) mass is 310 g/mol. The maximum absolute atomic E-state index is 5.68. The number of benzene rings is 1. The van der Waals surface area contributed by atoms with Crippen LogP contribution in [0.5, 0.6) is 0 Å². The molecule has 0 unspecified atom stereocenters. The Morgan fingerprint density at radius 3 is 2.77 bits per heavy atom. The van der Waals surface area contributed by atoms with Crippen LogP contribution in [0.1, 0.15) is 16.8 Å². The van der Waals surface area contributed by atoms with E-state index in [0.717, 1.165) is 46.6 Å². The first-order valence-electron chi connectivity index (χ1n) is 7.51. The number of H-pyrrole nitrogens is 1. The number of aromatic amines is 1. The van der Waals surface area contributed by atoms with Crippen molar-refractivity contribution in [2.75, 3.05) is 13.6 Å². The highest BCUT2D eigenvalue weighted by atomic mass is 32.1. The maximum Gasteiger partial charge on any atom is 0.162 e. The molecule has 22 heavy (non-hydrogen) atoms. The van der Waals surface area contributed by atoms with E-state index >= 15 is 0 Å². The van der Waals surface area contributed by atoms with E-state index in [1.807, 2.05) is 10.7 Å². The Kier molecular flexibility index (Phi) is 3.13. The van der Waals surface area contributed by atoms with Gasteiger partial charge in [0.2, 0.25) is 0 Å². The molecule has 0 spiro atoms. The zero-order chi connectivity index (χ0) is 15.3. The van der Waals surface area contributed by atoms with Crippen LogP contribution in [0.4, 0.5) is 0 Å². The molecule has 1 aromatic carbocycles. The Bertz CT molecular complexity index is 905. The van der Waals surface area contributed by atoms with Gasteiger partial charge in [0, 0.05) is 30.4 Å². The van der Waals surface area contributed by atoms with Gasteiger partial charge in [0.15, 0.2) is 5.65 Å². The minimum Gasteiger partial charge on any atom is -0.300 e. The van der Waals surface area contributed by atoms with Crippen molar-refractivity contribution in [3.05, 3.63) is 51.9 Å². The lowest BCUT2D eigenvalue weighted by atomic mass is 10.1. The van der Waals surface area contributed by atoms with E-state index in [9.17, 15) is 0 Å². The van der Waals surface area contributed by atoms with Gasteiger partial charge < -0.3 is 4.90 Å². The van der Waals surface area contributed by atoms with Crippen LogP contribution < -0.4 is 0 Å². The Morgan fingerprint density at radius 2 is 2.00 bits per heavy atom. The van der Waals surface area contributed by atoms with E-state index in [-0.39, 0.29) is 0 Å². The molecule has 0 aliphatic carbocycles. The molecule has 4 rings (SSSR count). The van der Waals surface area contributed by atoms with Crippen molar-refractivity contribution >= 4 is 17.9 Å². The minimum absolute atomic E-state index is 0.867. The molecule has 1 aliphatic rings. The molecule has 3 aromatic rings. The Labute approximate surface area is 134 Å². The van der Waals surface area contributed by atoms with Crippen molar-refractivity contribution in [2.24, 2.45) is 0 Å². The van der Waals surface area contributed by atoms with E-state index in [4.69, 9.17) is 17.2 Å². The fourth-order valence-corrected chi connectivity index (χ4v) is 3.42. The highest BCUT2D eigenvalue weighted by Crippen LogP contribution is 2.26. The third kappa shape index (κ3) is 2.09. The SMILES string of the molecule is Cc1ccc(-c2c[nH]n3c(=S)c4c(nc23)CN(C)CC4)cc1. The molecule has 4 nitrogen and oxygen atoms in total. The van der Waals surface area contributed by atoms with Crippen LogP contribution in [0.3, 0.4) is 0 Å². The first kappa shape index (κ1) is 13.7. The van der Waals surface area contributed by atoms with Gasteiger partial charge in [-0.05, 0) is 26.0 Å². The summed E-state index contributed by atoms with van der Waals surface area (Å²) in [4.78, 5) is 7.20. The van der Waals surface area contributed by atoms with Crippen molar-refractivity contribution in [1.29, 1.82) is 0 Å². The van der Waals surface area contributed by atoms with Gasteiger partial charge in [-0.25, -0.2) is 9.50 Å². The number of aryl methyl sites for hydroxylation is 1. The van der Waals surface area contributed by atoms with Crippen LogP contribution in [0.25, 0.3) is 16.8 Å². The van der Waals surface area contributed by atoms with Crippen molar-refractivity contribution in [2.45, 2.75) is 19.9 Å². The van der Waals surface area contributed by atoms with Crippen LogP contribution in [0.2, 0.25) is 0 Å². The summed E-state index contributed by atoms with van der Waals surface area (Å²) in [6, 6.07) is 8.52. The minimum atomic E-state index is 0.867. The second-order valence-electron chi connectivity index (χ2n) is 6.04. The summed E-state index contributed by atoms with van der Waals surface area (Å²) in [6.45, 7) is 4.00. The predicted molar refractivity (Wildman–Crippen MR) is 90.6 cm³/mol. The average molecular weight is 310 g/mol. The third-order valence-electron chi connectivity index (χ3n) is 4.37. The van der Waals surface area contributed by atoms with Crippen molar-refractivity contribution in [3.8, 4) is 11.1 Å². The van der Waals surface area contributed by atoms with E-state index in [0.29, 0.717) is 0 Å². The quantitative estimate of drug-likeness (QED) is 0.700. The summed E-state index contributed by atoms with van der Waals surface area (Å²) in [5.41, 5.74) is 6.77. The standard InChI is InChI=1S/C17H18N4S/c1-11-3-5-12(6-4-11)14-9-18-21-16(14)19-15-10-20(2)8-7-13(15)17(21)22/h3-6,9,18H,7-8,10H2,1-2H3. The van der Waals surface area contributed by atoms with Gasteiger partial charge in [0.05, 0.1) is 5.69 Å². The van der Waals surface area contributed by atoms with Crippen molar-refractivity contribution in [1.82, 2.24) is 19.5 Å². The molecule has 0 bridgehead atoms. The lowest BCUT2D eigenvalue weighted by Crippen LogP contribution is -2.28. The summed E-state index contributed by atoms with van der Waals surface area (Å²) >= 11 is 5.68. The zero-order valence-corrected chi connectivity index (χ0v) is 13.6. The van der Waals surface area contributed by atoms with E-state index in [1.165, 1.54) is 11.1 Å². The van der Waals surface area contributed by atoms with E-state index in [2.05, 4.69) is 48.2 Å². The topological polar surface area (TPSA) is 36.3 Å². The normalized spacial score (nSPS) is 15.2. The summed E-state index contributed by atoms with van der Waals surface area (Å²) < 4.78 is 2.81. The molecule has 0 amide bonds. The maximum atomic E-state index is 5.68. The van der Waals surface area contributed by atoms with Crippen LogP contribution >= 0.6 is 12.2 Å². The number of nitrogens with zero attached hydrogens (tertiary/aromatic N) is 3. The van der Waals surface area contributed by atoms with Crippen molar-refractivity contribution in [3.63, 3.8) is 0 Å². The molecule has 1 N–H and O–H groups in total. The van der Waals surface area contributed by atoms with Gasteiger partial charge in [-0.3, -0.25) is 5.10 Å². The van der Waals surface area contributed by atoms with Gasteiger partial charge in [0.25, 0.3) is 0 Å². The summed E-state index contributed by atoms with van der Waals surface area (Å²) in [5.74, 6) is 0. The van der Waals surface area contributed by atoms with Gasteiger partial charge >= 0.3 is 0 Å². The third-order valence-corrected chi connectivity index (χ3v) is 4.80. The van der Waals surface area contributed by atoms with Gasteiger partial charge in [-0.1, -0.05) is 42.0 Å². The number of rotatable bonds is 1. The molecule has 3 heterocycles. The number of likely N-dealkylation sites (N-methyl/N-ethyl adjacent to an activating group) is 1. The zero-order valence-electron chi connectivity index (χ0n) is 12.8. The van der Waals surface area contributed by atoms with Gasteiger partial charge in [-0.2, -0.15) is 0 Å². The molecular formula is C17H18N4S. The molecule has 112 valence electrons. The van der Waals surface area contributed by atoms with E-state index in [1.54, 1.807) is 0 Å². The second-order valence-corrected chi connectivity index (χ2v) is 6.43. The summed E-state index contributed by atoms with van der Waals surface area (Å²) in [5, 5.41) is 3.27. The molecule has 0 fully saturated rings. The lowest BCUT2D eigenvalue weighted by Gasteiger charge is -2.24. The van der Waals surface area contributed by atoms with Crippen LogP contribution in [-0.2, 0) is 13.0 Å². The van der Waals surface area contributed by atoms with Crippen molar-refractivity contribution < 1.29 is 0 Å².